The van der Waals surface area contributed by atoms with Crippen LogP contribution in [0, 0.1) is 17.5 Å². The van der Waals surface area contributed by atoms with Gasteiger partial charge in [0, 0.05) is 41.8 Å². The van der Waals surface area contributed by atoms with Gasteiger partial charge in [-0.15, -0.1) is 0 Å². The van der Waals surface area contributed by atoms with E-state index >= 15 is 0 Å². The summed E-state index contributed by atoms with van der Waals surface area (Å²) >= 11 is 6.48. The Balaban J connectivity index is 1.17. The Kier molecular flexibility index (Phi) is 11.7. The number of amides is 3. The number of aryl methyl sites for hydroxylation is 1. The monoisotopic (exact) mass is 738 g/mol. The van der Waals surface area contributed by atoms with Crippen molar-refractivity contribution in [2.45, 2.75) is 69.5 Å². The van der Waals surface area contributed by atoms with Gasteiger partial charge in [0.05, 0.1) is 25.7 Å². The molecule has 2 aliphatic heterocycles. The van der Waals surface area contributed by atoms with E-state index in [4.69, 9.17) is 21.1 Å². The zero-order chi connectivity index (χ0) is 36.8. The minimum Gasteiger partial charge on any atom is -0.488 e. The van der Waals surface area contributed by atoms with Gasteiger partial charge in [-0.3, -0.25) is 9.59 Å². The number of carbonyl (C=O) groups excluding carboxylic acids is 3. The molecule has 3 N–H and O–H groups in total. The van der Waals surface area contributed by atoms with Crippen molar-refractivity contribution >= 4 is 35.1 Å². The first kappa shape index (κ1) is 37.2. The lowest BCUT2D eigenvalue weighted by atomic mass is 9.82. The molecule has 1 saturated carbocycles. The topological polar surface area (TPSA) is 109 Å². The Bertz CT molecular complexity index is 1830. The molecule has 1 aliphatic carbocycles. The lowest BCUT2D eigenvalue weighted by molar-refractivity contribution is -0.142. The SMILES string of the molecule is CCOC(=O)CCNC(=O)N1C[C@H]2CC(c3ccc(CCCOc4c(F)ccc(F)c4F)cc3)=C(C(=O)NC3(Cc4ccccc4Cl)CC3)[C@@H](C1)N2. The highest BCUT2D eigenvalue weighted by molar-refractivity contribution is 6.31. The summed E-state index contributed by atoms with van der Waals surface area (Å²) in [6.07, 6.45) is 3.79. The van der Waals surface area contributed by atoms with E-state index in [0.29, 0.717) is 48.9 Å². The van der Waals surface area contributed by atoms with E-state index in [0.717, 1.165) is 41.2 Å². The molecule has 0 aromatic heterocycles. The third-order valence-corrected chi connectivity index (χ3v) is 10.1. The van der Waals surface area contributed by atoms with Gasteiger partial charge < -0.3 is 30.3 Å². The van der Waals surface area contributed by atoms with Crippen LogP contribution in [0.3, 0.4) is 0 Å². The molecular formula is C39H42ClF3N4O5. The van der Waals surface area contributed by atoms with Gasteiger partial charge in [-0.1, -0.05) is 54.1 Å². The maximum Gasteiger partial charge on any atom is 0.317 e. The Morgan fingerprint density at radius 3 is 2.48 bits per heavy atom. The quantitative estimate of drug-likeness (QED) is 0.105. The molecule has 0 radical (unpaired) electrons. The number of piperazine rings is 1. The average molecular weight is 739 g/mol. The minimum absolute atomic E-state index is 0.00755. The summed E-state index contributed by atoms with van der Waals surface area (Å²) in [5.74, 6) is -4.79. The normalized spacial score (nSPS) is 18.8. The zero-order valence-corrected chi connectivity index (χ0v) is 29.7. The number of hydrogen-bond acceptors (Lipinski definition) is 6. The summed E-state index contributed by atoms with van der Waals surface area (Å²) in [4.78, 5) is 41.0. The second-order valence-electron chi connectivity index (χ2n) is 13.5. The highest BCUT2D eigenvalue weighted by Gasteiger charge is 2.47. The van der Waals surface area contributed by atoms with Gasteiger partial charge in [0.15, 0.2) is 17.4 Å². The van der Waals surface area contributed by atoms with Crippen LogP contribution in [-0.2, 0) is 27.2 Å². The number of halogens is 4. The lowest BCUT2D eigenvalue weighted by Gasteiger charge is -2.44. The molecule has 9 nitrogen and oxygen atoms in total. The first-order chi connectivity index (χ1) is 25.1. The van der Waals surface area contributed by atoms with Crippen LogP contribution in [0.15, 0.2) is 66.2 Å². The first-order valence-corrected chi connectivity index (χ1v) is 18.0. The second kappa shape index (κ2) is 16.4. The van der Waals surface area contributed by atoms with Crippen molar-refractivity contribution in [2.75, 3.05) is 32.8 Å². The smallest absolute Gasteiger partial charge is 0.317 e. The summed E-state index contributed by atoms with van der Waals surface area (Å²) in [5.41, 5.74) is 3.86. The fourth-order valence-corrected chi connectivity index (χ4v) is 7.14. The number of hydrogen-bond donors (Lipinski definition) is 3. The van der Waals surface area contributed by atoms with Gasteiger partial charge in [0.1, 0.15) is 0 Å². The van der Waals surface area contributed by atoms with Crippen LogP contribution < -0.4 is 20.7 Å². The molecule has 6 rings (SSSR count). The molecule has 2 heterocycles. The number of urea groups is 1. The van der Waals surface area contributed by atoms with E-state index in [9.17, 15) is 27.6 Å². The van der Waals surface area contributed by atoms with E-state index in [-0.39, 0.29) is 56.7 Å². The van der Waals surface area contributed by atoms with Gasteiger partial charge in [0.25, 0.3) is 0 Å². The molecule has 2 atom stereocenters. The van der Waals surface area contributed by atoms with Crippen LogP contribution in [-0.4, -0.2) is 73.3 Å². The molecule has 13 heteroatoms. The number of fused-ring (bicyclic) bond motifs is 2. The molecule has 0 unspecified atom stereocenters. The van der Waals surface area contributed by atoms with E-state index in [1.807, 2.05) is 48.5 Å². The van der Waals surface area contributed by atoms with E-state index in [1.54, 1.807) is 11.8 Å². The second-order valence-corrected chi connectivity index (χ2v) is 13.9. The van der Waals surface area contributed by atoms with E-state index in [1.165, 1.54) is 0 Å². The molecule has 2 fully saturated rings. The molecule has 52 heavy (non-hydrogen) atoms. The fourth-order valence-electron chi connectivity index (χ4n) is 6.94. The molecule has 276 valence electrons. The van der Waals surface area contributed by atoms with Gasteiger partial charge in [-0.25, -0.2) is 13.6 Å². The maximum atomic E-state index is 14.3. The van der Waals surface area contributed by atoms with Crippen molar-refractivity contribution in [3.8, 4) is 5.75 Å². The molecule has 3 aliphatic rings. The molecule has 3 aromatic carbocycles. The molecule has 1 saturated heterocycles. The maximum absolute atomic E-state index is 14.3. The Labute approximate surface area is 305 Å². The number of ether oxygens (including phenoxy) is 2. The Morgan fingerprint density at radius 1 is 1.00 bits per heavy atom. The van der Waals surface area contributed by atoms with Crippen LogP contribution in [0.25, 0.3) is 5.57 Å². The standard InChI is InChI=1S/C39H42ClF3N4O5/c1-2-51-33(48)15-18-44-38(50)47-22-27-20-28(25-11-9-24(10-12-25)6-5-19-52-36-31(42)14-13-30(41)35(36)43)34(32(23-47)45-27)37(49)46-39(16-17-39)21-26-7-3-4-8-29(26)40/h3-4,7-14,27,32,45H,2,5-6,15-23H2,1H3,(H,44,50)(H,46,49)/t27-,32-/m1/s1. The molecule has 2 bridgehead atoms. The Morgan fingerprint density at radius 2 is 1.75 bits per heavy atom. The van der Waals surface area contributed by atoms with Crippen LogP contribution >= 0.6 is 11.6 Å². The molecule has 3 amide bonds. The number of rotatable bonds is 14. The van der Waals surface area contributed by atoms with Crippen molar-refractivity contribution in [1.29, 1.82) is 0 Å². The fraction of sp³-hybridized carbons (Fsp3) is 0.410. The number of nitrogens with zero attached hydrogens (tertiary/aromatic N) is 1. The number of esters is 1. The van der Waals surface area contributed by atoms with Crippen molar-refractivity contribution in [3.63, 3.8) is 0 Å². The highest BCUT2D eigenvalue weighted by Crippen LogP contribution is 2.41. The summed E-state index contributed by atoms with van der Waals surface area (Å²) < 4.78 is 51.6. The van der Waals surface area contributed by atoms with E-state index in [2.05, 4.69) is 16.0 Å². The minimum atomic E-state index is -1.35. The van der Waals surface area contributed by atoms with Gasteiger partial charge >= 0.3 is 12.0 Å². The van der Waals surface area contributed by atoms with Crippen LogP contribution in [0.5, 0.6) is 5.75 Å². The van der Waals surface area contributed by atoms with Crippen molar-refractivity contribution in [3.05, 3.63) is 105 Å². The van der Waals surface area contributed by atoms with Gasteiger partial charge in [-0.2, -0.15) is 4.39 Å². The first-order valence-electron chi connectivity index (χ1n) is 17.6. The summed E-state index contributed by atoms with van der Waals surface area (Å²) in [5, 5.41) is 10.4. The predicted octanol–water partition coefficient (Wildman–Crippen LogP) is 6.12. The number of benzene rings is 3. The lowest BCUT2D eigenvalue weighted by Crippen LogP contribution is -2.63. The highest BCUT2D eigenvalue weighted by atomic mass is 35.5. The summed E-state index contributed by atoms with van der Waals surface area (Å²) in [6, 6.07) is 16.1. The van der Waals surface area contributed by atoms with Gasteiger partial charge in [-0.05, 0) is 85.9 Å². The molecule has 3 aromatic rings. The summed E-state index contributed by atoms with van der Waals surface area (Å²) in [6.45, 7) is 2.81. The largest absolute Gasteiger partial charge is 0.488 e. The van der Waals surface area contributed by atoms with Crippen LogP contribution in [0.1, 0.15) is 55.7 Å². The number of nitrogens with one attached hydrogen (secondary N) is 3. The van der Waals surface area contributed by atoms with E-state index < -0.39 is 34.8 Å². The van der Waals surface area contributed by atoms with Crippen molar-refractivity contribution < 1.29 is 37.0 Å². The predicted molar refractivity (Wildman–Crippen MR) is 190 cm³/mol. The average Bonchev–Trinajstić information content (AvgIpc) is 3.88. The zero-order valence-electron chi connectivity index (χ0n) is 28.9. The third kappa shape index (κ3) is 8.90. The Hall–Kier alpha value is -4.55. The molecular weight excluding hydrogens is 697 g/mol. The molecule has 0 spiro atoms. The number of carbonyl (C=O) groups is 3. The van der Waals surface area contributed by atoms with Crippen LogP contribution in [0.4, 0.5) is 18.0 Å². The summed E-state index contributed by atoms with van der Waals surface area (Å²) in [7, 11) is 0. The van der Waals surface area contributed by atoms with Crippen molar-refractivity contribution in [2.24, 2.45) is 0 Å². The van der Waals surface area contributed by atoms with Crippen LogP contribution in [0.2, 0.25) is 5.02 Å². The van der Waals surface area contributed by atoms with Gasteiger partial charge in [0.2, 0.25) is 11.7 Å². The van der Waals surface area contributed by atoms with Crippen molar-refractivity contribution in [1.82, 2.24) is 20.9 Å². The third-order valence-electron chi connectivity index (χ3n) is 9.73.